The maximum absolute atomic E-state index is 14.0. The summed E-state index contributed by atoms with van der Waals surface area (Å²) in [6, 6.07) is -2.88. The van der Waals surface area contributed by atoms with E-state index in [2.05, 4.69) is 31.6 Å². The Morgan fingerprint density at radius 3 is 1.94 bits per heavy atom. The van der Waals surface area contributed by atoms with Crippen molar-refractivity contribution in [2.75, 3.05) is 26.2 Å². The average Bonchev–Trinajstić information content (AvgIpc) is 3.94. The molecule has 3 rings (SSSR count). The Hall–Kier alpha value is -6.52. The van der Waals surface area contributed by atoms with E-state index in [1.54, 1.807) is 0 Å². The molecular formula is C40H61N11O12. The molecule has 2 aliphatic heterocycles. The fourth-order valence-electron chi connectivity index (χ4n) is 7.17. The van der Waals surface area contributed by atoms with Gasteiger partial charge in [0.25, 0.3) is 0 Å². The van der Waals surface area contributed by atoms with Crippen molar-refractivity contribution in [1.29, 1.82) is 0 Å². The lowest BCUT2D eigenvalue weighted by atomic mass is 9.98. The molecule has 2 fully saturated rings. The summed E-state index contributed by atoms with van der Waals surface area (Å²) >= 11 is 0. The Labute approximate surface area is 364 Å². The Balaban J connectivity index is 1.76. The SMILES string of the molecule is CCC(C)C(N)C(=O)N1CCCC1C(=O)NC(CCCN=C(N)N)C(=O)NCC(=O)NC(CC(=O)O)C(=O)NC(Cc1ccc(O)cc1)C(=O)N1CCCC1C(=O)NC(C)C(=O)O. The molecule has 1 aromatic carbocycles. The number of aliphatic imine (C=N–C) groups is 1. The van der Waals surface area contributed by atoms with E-state index in [4.69, 9.17) is 17.2 Å². The lowest BCUT2D eigenvalue weighted by molar-refractivity contribution is -0.144. The van der Waals surface area contributed by atoms with Crippen LogP contribution in [0.5, 0.6) is 5.75 Å². The highest BCUT2D eigenvalue weighted by molar-refractivity contribution is 5.98. The van der Waals surface area contributed by atoms with Gasteiger partial charge in [-0.1, -0.05) is 32.4 Å². The van der Waals surface area contributed by atoms with E-state index >= 15 is 0 Å². The molecule has 23 heteroatoms. The molecule has 14 N–H and O–H groups in total. The van der Waals surface area contributed by atoms with Gasteiger partial charge >= 0.3 is 11.9 Å². The van der Waals surface area contributed by atoms with Crippen LogP contribution in [-0.2, 0) is 49.6 Å². The van der Waals surface area contributed by atoms with Crippen molar-refractivity contribution >= 4 is 59.2 Å². The van der Waals surface area contributed by atoms with Crippen LogP contribution >= 0.6 is 0 Å². The standard InChI is InChI=1S/C40H61N11O12/c1-4-21(2)32(41)38(61)51-17-7-10-29(51)36(59)48-25(8-5-15-44-40(42)43)33(56)45-20-30(53)47-26(19-31(54)55)34(57)49-27(18-23-11-13-24(52)14-12-23)37(60)50-16-6-9-28(50)35(58)46-22(3)39(62)63/h11-14,21-22,25-29,32,52H,4-10,15-20,41H2,1-3H3,(H,45,56)(H,46,58)(H,47,53)(H,48,59)(H,49,57)(H,54,55)(H,62,63)(H4,42,43,44). The Morgan fingerprint density at radius 1 is 0.794 bits per heavy atom. The minimum atomic E-state index is -1.78. The number of nitrogens with one attached hydrogen (secondary N) is 5. The number of phenolic OH excluding ortho intramolecular Hbond substituents is 1. The largest absolute Gasteiger partial charge is 0.508 e. The maximum Gasteiger partial charge on any atom is 0.325 e. The van der Waals surface area contributed by atoms with Gasteiger partial charge in [-0.2, -0.15) is 0 Å². The number of hydrogen-bond donors (Lipinski definition) is 11. The van der Waals surface area contributed by atoms with Crippen molar-refractivity contribution in [2.24, 2.45) is 28.1 Å². The Bertz CT molecular complexity index is 1860. The molecular weight excluding hydrogens is 827 g/mol. The summed E-state index contributed by atoms with van der Waals surface area (Å²) in [6.07, 6.45) is 1.13. The summed E-state index contributed by atoms with van der Waals surface area (Å²) in [4.78, 5) is 124. The smallest absolute Gasteiger partial charge is 0.325 e. The predicted octanol–water partition coefficient (Wildman–Crippen LogP) is -3.02. The number of nitrogens with zero attached hydrogens (tertiary/aromatic N) is 3. The van der Waals surface area contributed by atoms with E-state index in [1.807, 2.05) is 13.8 Å². The number of carboxylic acids is 2. The highest BCUT2D eigenvalue weighted by Gasteiger charge is 2.41. The van der Waals surface area contributed by atoms with Crippen molar-refractivity contribution in [2.45, 2.75) is 121 Å². The number of benzene rings is 1. The van der Waals surface area contributed by atoms with E-state index in [1.165, 1.54) is 41.0 Å². The Morgan fingerprint density at radius 2 is 1.38 bits per heavy atom. The summed E-state index contributed by atoms with van der Waals surface area (Å²) in [5.74, 6) is -8.62. The molecule has 0 aliphatic carbocycles. The van der Waals surface area contributed by atoms with Gasteiger partial charge in [0.2, 0.25) is 41.4 Å². The third-order valence-corrected chi connectivity index (χ3v) is 11.0. The second-order valence-corrected chi connectivity index (χ2v) is 15.7. The molecule has 0 bridgehead atoms. The number of amides is 7. The van der Waals surface area contributed by atoms with Crippen LogP contribution in [0, 0.1) is 5.92 Å². The van der Waals surface area contributed by atoms with E-state index in [-0.39, 0.29) is 56.4 Å². The number of phenols is 1. The van der Waals surface area contributed by atoms with Gasteiger partial charge in [-0.25, -0.2) is 0 Å². The first-order chi connectivity index (χ1) is 29.7. The van der Waals surface area contributed by atoms with Gasteiger partial charge in [0.05, 0.1) is 19.0 Å². The van der Waals surface area contributed by atoms with Gasteiger partial charge in [0.1, 0.15) is 42.0 Å². The van der Waals surface area contributed by atoms with E-state index in [9.17, 15) is 58.5 Å². The summed E-state index contributed by atoms with van der Waals surface area (Å²) < 4.78 is 0. The first-order valence-corrected chi connectivity index (χ1v) is 20.9. The molecule has 0 radical (unpaired) electrons. The number of carbonyl (C=O) groups excluding carboxylic acids is 7. The van der Waals surface area contributed by atoms with Crippen LogP contribution in [0.1, 0.15) is 77.7 Å². The molecule has 2 aliphatic rings. The van der Waals surface area contributed by atoms with Crippen LogP contribution in [0.3, 0.4) is 0 Å². The van der Waals surface area contributed by atoms with Crippen molar-refractivity contribution < 1.29 is 58.5 Å². The topological polar surface area (TPSA) is 371 Å². The minimum absolute atomic E-state index is 0.00162. The molecule has 1 aromatic rings. The molecule has 63 heavy (non-hydrogen) atoms. The zero-order valence-electron chi connectivity index (χ0n) is 35.7. The van der Waals surface area contributed by atoms with Crippen LogP contribution in [0.25, 0.3) is 0 Å². The molecule has 0 saturated carbocycles. The predicted molar refractivity (Wildman–Crippen MR) is 225 cm³/mol. The van der Waals surface area contributed by atoms with Gasteiger partial charge in [0, 0.05) is 26.1 Å². The second kappa shape index (κ2) is 24.2. The van der Waals surface area contributed by atoms with Gasteiger partial charge in [-0.15, -0.1) is 0 Å². The number of hydrogen-bond acceptors (Lipinski definition) is 12. The van der Waals surface area contributed by atoms with E-state index in [0.717, 1.165) is 0 Å². The van der Waals surface area contributed by atoms with Crippen molar-refractivity contribution in [3.05, 3.63) is 29.8 Å². The quantitative estimate of drug-likeness (QED) is 0.0296. The van der Waals surface area contributed by atoms with E-state index < -0.39 is 109 Å². The molecule has 0 spiro atoms. The number of carboxylic acid groups (broad SMARTS) is 2. The fourth-order valence-corrected chi connectivity index (χ4v) is 7.17. The highest BCUT2D eigenvalue weighted by atomic mass is 16.4. The van der Waals surface area contributed by atoms with Gasteiger partial charge < -0.3 is 68.9 Å². The summed E-state index contributed by atoms with van der Waals surface area (Å²) in [6.45, 7) is 4.66. The molecule has 8 unspecified atom stereocenters. The maximum atomic E-state index is 14.0. The highest BCUT2D eigenvalue weighted by Crippen LogP contribution is 2.22. The number of guanidine groups is 1. The minimum Gasteiger partial charge on any atom is -0.508 e. The lowest BCUT2D eigenvalue weighted by Gasteiger charge is -2.30. The Kier molecular flexibility index (Phi) is 19.5. The molecule has 348 valence electrons. The number of aromatic hydroxyl groups is 1. The number of likely N-dealkylation sites (tertiary alicyclic amines) is 2. The first kappa shape index (κ1) is 50.8. The summed E-state index contributed by atoms with van der Waals surface area (Å²) in [5, 5.41) is 40.9. The van der Waals surface area contributed by atoms with Crippen molar-refractivity contribution in [3.8, 4) is 5.75 Å². The molecule has 2 heterocycles. The normalized spacial score (nSPS) is 18.7. The third-order valence-electron chi connectivity index (χ3n) is 11.0. The zero-order valence-corrected chi connectivity index (χ0v) is 35.7. The lowest BCUT2D eigenvalue weighted by Crippen LogP contribution is -2.59. The first-order valence-electron chi connectivity index (χ1n) is 20.9. The van der Waals surface area contributed by atoms with Crippen LogP contribution in [0.4, 0.5) is 0 Å². The van der Waals surface area contributed by atoms with Crippen LogP contribution in [-0.4, -0.2) is 153 Å². The van der Waals surface area contributed by atoms with Gasteiger partial charge in [-0.05, 0) is 69.1 Å². The van der Waals surface area contributed by atoms with Crippen molar-refractivity contribution in [1.82, 2.24) is 36.4 Å². The second-order valence-electron chi connectivity index (χ2n) is 15.7. The molecule has 0 aromatic heterocycles. The molecule has 8 atom stereocenters. The van der Waals surface area contributed by atoms with Gasteiger partial charge in [0.15, 0.2) is 5.96 Å². The number of carbonyl (C=O) groups is 9. The monoisotopic (exact) mass is 887 g/mol. The molecule has 23 nitrogen and oxygen atoms in total. The van der Waals surface area contributed by atoms with Crippen LogP contribution < -0.4 is 43.8 Å². The van der Waals surface area contributed by atoms with E-state index in [0.29, 0.717) is 37.8 Å². The number of aliphatic carboxylic acids is 2. The fraction of sp³-hybridized carbons (Fsp3) is 0.600. The molecule has 7 amide bonds. The molecule has 2 saturated heterocycles. The number of nitrogens with two attached hydrogens (primary N) is 3. The summed E-state index contributed by atoms with van der Waals surface area (Å²) in [5.41, 5.74) is 17.5. The average molecular weight is 888 g/mol. The van der Waals surface area contributed by atoms with Gasteiger partial charge in [-0.3, -0.25) is 48.1 Å². The zero-order chi connectivity index (χ0) is 47.0. The van der Waals surface area contributed by atoms with Crippen LogP contribution in [0.15, 0.2) is 29.3 Å². The van der Waals surface area contributed by atoms with Crippen LogP contribution in [0.2, 0.25) is 0 Å². The van der Waals surface area contributed by atoms with Crippen molar-refractivity contribution in [3.63, 3.8) is 0 Å². The summed E-state index contributed by atoms with van der Waals surface area (Å²) in [7, 11) is 0. The number of rotatable bonds is 23. The third kappa shape index (κ3) is 15.4.